The third-order valence-electron chi connectivity index (χ3n) is 6.09. The Hall–Kier alpha value is -3.07. The van der Waals surface area contributed by atoms with E-state index in [2.05, 4.69) is 55.2 Å². The van der Waals surface area contributed by atoms with Crippen molar-refractivity contribution in [1.29, 1.82) is 0 Å². The molecule has 1 aliphatic heterocycles. The van der Waals surface area contributed by atoms with E-state index in [0.29, 0.717) is 24.0 Å². The zero-order valence-electron chi connectivity index (χ0n) is 19.1. The predicted molar refractivity (Wildman–Crippen MR) is 122 cm³/mol. The van der Waals surface area contributed by atoms with Crippen LogP contribution in [0, 0.1) is 5.92 Å². The lowest BCUT2D eigenvalue weighted by Crippen LogP contribution is -2.39. The molecule has 2 aromatic heterocycles. The molecule has 1 fully saturated rings. The molecule has 9 heteroatoms. The minimum Gasteiger partial charge on any atom is -0.462 e. The molecule has 170 valence electrons. The Morgan fingerprint density at radius 2 is 1.94 bits per heavy atom. The smallest absolute Gasteiger partial charge is 0.341 e. The van der Waals surface area contributed by atoms with Gasteiger partial charge in [0, 0.05) is 45.6 Å². The van der Waals surface area contributed by atoms with Crippen molar-refractivity contribution in [3.8, 4) is 0 Å². The van der Waals surface area contributed by atoms with Gasteiger partial charge in [-0.05, 0) is 49.9 Å². The van der Waals surface area contributed by atoms with Crippen LogP contribution in [0.25, 0.3) is 11.0 Å². The molecule has 0 saturated carbocycles. The molecule has 3 heterocycles. The average molecular weight is 438 g/mol. The fourth-order valence-corrected chi connectivity index (χ4v) is 4.23. The van der Waals surface area contributed by atoms with Crippen LogP contribution in [0.3, 0.4) is 0 Å². The number of nitrogens with zero attached hydrogens (tertiary/aromatic N) is 7. The normalized spacial score (nSPS) is 14.9. The van der Waals surface area contributed by atoms with Crippen LogP contribution in [0.1, 0.15) is 42.6 Å². The Morgan fingerprint density at radius 1 is 1.19 bits per heavy atom. The van der Waals surface area contributed by atoms with Crippen molar-refractivity contribution in [2.24, 2.45) is 13.0 Å². The van der Waals surface area contributed by atoms with Gasteiger partial charge in [-0.2, -0.15) is 0 Å². The Bertz CT molecular complexity index is 1040. The maximum atomic E-state index is 11.8. The lowest BCUT2D eigenvalue weighted by Gasteiger charge is -2.34. The summed E-state index contributed by atoms with van der Waals surface area (Å²) in [6.07, 6.45) is 5.31. The maximum Gasteiger partial charge on any atom is 0.341 e. The first kappa shape index (κ1) is 22.1. The van der Waals surface area contributed by atoms with Crippen LogP contribution >= 0.6 is 0 Å². The van der Waals surface area contributed by atoms with Gasteiger partial charge in [-0.1, -0.05) is 18.2 Å². The van der Waals surface area contributed by atoms with E-state index in [-0.39, 0.29) is 5.97 Å². The summed E-state index contributed by atoms with van der Waals surface area (Å²) in [6, 6.07) is 6.42. The number of hydrogen-bond acceptors (Lipinski definition) is 8. The fourth-order valence-electron chi connectivity index (χ4n) is 4.23. The standard InChI is InChI=1S/C23H31N7O2/c1-4-29(16-18-6-7-21-20(12-18)26-27-28(21)3)15-17-8-10-30(11-9-17)23-24-13-19(14-25-23)22(31)32-5-2/h6-7,12-14,17H,4-5,8-11,15-16H2,1-3H3. The highest BCUT2D eigenvalue weighted by Crippen LogP contribution is 2.23. The van der Waals surface area contributed by atoms with Crippen molar-refractivity contribution in [3.05, 3.63) is 41.7 Å². The minimum absolute atomic E-state index is 0.345. The molecule has 1 aliphatic rings. The zero-order chi connectivity index (χ0) is 22.5. The molecule has 9 nitrogen and oxygen atoms in total. The second-order valence-electron chi connectivity index (χ2n) is 8.29. The van der Waals surface area contributed by atoms with Gasteiger partial charge in [0.05, 0.1) is 17.7 Å². The first-order valence-corrected chi connectivity index (χ1v) is 11.3. The number of benzene rings is 1. The molecular formula is C23H31N7O2. The number of aromatic nitrogens is 5. The summed E-state index contributed by atoms with van der Waals surface area (Å²) in [7, 11) is 1.92. The number of piperidine rings is 1. The minimum atomic E-state index is -0.379. The number of fused-ring (bicyclic) bond motifs is 1. The van der Waals surface area contributed by atoms with Gasteiger partial charge in [-0.15, -0.1) is 5.10 Å². The molecule has 0 unspecified atom stereocenters. The molecule has 0 radical (unpaired) electrons. The number of anilines is 1. The average Bonchev–Trinajstić information content (AvgIpc) is 3.19. The molecule has 0 spiro atoms. The third-order valence-corrected chi connectivity index (χ3v) is 6.09. The van der Waals surface area contributed by atoms with E-state index in [0.717, 1.165) is 56.6 Å². The largest absolute Gasteiger partial charge is 0.462 e. The van der Waals surface area contributed by atoms with E-state index >= 15 is 0 Å². The Balaban J connectivity index is 1.29. The molecule has 0 amide bonds. The van der Waals surface area contributed by atoms with Crippen molar-refractivity contribution < 1.29 is 9.53 Å². The summed E-state index contributed by atoms with van der Waals surface area (Å²) in [5, 5.41) is 8.34. The Labute approximate surface area is 188 Å². The van der Waals surface area contributed by atoms with Gasteiger partial charge in [-0.25, -0.2) is 19.4 Å². The van der Waals surface area contributed by atoms with E-state index in [1.807, 2.05) is 7.05 Å². The first-order valence-electron chi connectivity index (χ1n) is 11.3. The lowest BCUT2D eigenvalue weighted by atomic mass is 9.96. The van der Waals surface area contributed by atoms with Crippen molar-refractivity contribution in [1.82, 2.24) is 29.9 Å². The van der Waals surface area contributed by atoms with E-state index < -0.39 is 0 Å². The van der Waals surface area contributed by atoms with E-state index in [4.69, 9.17) is 4.74 Å². The molecule has 0 aliphatic carbocycles. The van der Waals surface area contributed by atoms with Crippen LogP contribution in [0.5, 0.6) is 0 Å². The third kappa shape index (κ3) is 5.04. The van der Waals surface area contributed by atoms with Gasteiger partial charge in [0.15, 0.2) is 0 Å². The number of esters is 1. The first-order chi connectivity index (χ1) is 15.6. The van der Waals surface area contributed by atoms with Crippen LogP contribution in [0.4, 0.5) is 5.95 Å². The van der Waals surface area contributed by atoms with Crippen molar-refractivity contribution >= 4 is 23.0 Å². The summed E-state index contributed by atoms with van der Waals surface area (Å²) < 4.78 is 6.80. The molecule has 1 aromatic carbocycles. The lowest BCUT2D eigenvalue weighted by molar-refractivity contribution is 0.0525. The number of ether oxygens (including phenoxy) is 1. The van der Waals surface area contributed by atoms with Crippen molar-refractivity contribution in [2.45, 2.75) is 33.2 Å². The van der Waals surface area contributed by atoms with Crippen molar-refractivity contribution in [2.75, 3.05) is 37.7 Å². The molecule has 0 bridgehead atoms. The molecular weight excluding hydrogens is 406 g/mol. The molecule has 4 rings (SSSR count). The highest BCUT2D eigenvalue weighted by molar-refractivity contribution is 5.88. The highest BCUT2D eigenvalue weighted by atomic mass is 16.5. The SMILES string of the molecule is CCOC(=O)c1cnc(N2CCC(CN(CC)Cc3ccc4c(c3)nnn4C)CC2)nc1. The monoisotopic (exact) mass is 437 g/mol. The number of hydrogen-bond donors (Lipinski definition) is 0. The van der Waals surface area contributed by atoms with Crippen LogP contribution in [0.2, 0.25) is 0 Å². The van der Waals surface area contributed by atoms with Gasteiger partial charge in [0.25, 0.3) is 0 Å². The Kier molecular flexibility index (Phi) is 6.94. The van der Waals surface area contributed by atoms with Crippen LogP contribution in [0.15, 0.2) is 30.6 Å². The molecule has 1 saturated heterocycles. The topological polar surface area (TPSA) is 89.3 Å². The molecule has 0 atom stereocenters. The van der Waals surface area contributed by atoms with Gasteiger partial charge in [0.1, 0.15) is 5.52 Å². The number of carbonyl (C=O) groups is 1. The van der Waals surface area contributed by atoms with Gasteiger partial charge < -0.3 is 9.64 Å². The molecule has 0 N–H and O–H groups in total. The van der Waals surface area contributed by atoms with Crippen LogP contribution < -0.4 is 4.90 Å². The van der Waals surface area contributed by atoms with Crippen LogP contribution in [-0.2, 0) is 18.3 Å². The van der Waals surface area contributed by atoms with Crippen LogP contribution in [-0.4, -0.2) is 68.6 Å². The van der Waals surface area contributed by atoms with Gasteiger partial charge in [-0.3, -0.25) is 4.90 Å². The zero-order valence-corrected chi connectivity index (χ0v) is 19.1. The quantitative estimate of drug-likeness (QED) is 0.497. The van der Waals surface area contributed by atoms with E-state index in [9.17, 15) is 4.79 Å². The molecule has 32 heavy (non-hydrogen) atoms. The summed E-state index contributed by atoms with van der Waals surface area (Å²) in [4.78, 5) is 25.2. The summed E-state index contributed by atoms with van der Waals surface area (Å²) in [5.74, 6) is 0.947. The fraction of sp³-hybridized carbons (Fsp3) is 0.522. The molecule has 3 aromatic rings. The predicted octanol–water partition coefficient (Wildman–Crippen LogP) is 2.67. The maximum absolute atomic E-state index is 11.8. The van der Waals surface area contributed by atoms with Crippen molar-refractivity contribution in [3.63, 3.8) is 0 Å². The number of aryl methyl sites for hydroxylation is 1. The summed E-state index contributed by atoms with van der Waals surface area (Å²) in [6.45, 7) is 9.20. The second kappa shape index (κ2) is 10.0. The summed E-state index contributed by atoms with van der Waals surface area (Å²) in [5.41, 5.74) is 3.67. The van der Waals surface area contributed by atoms with Gasteiger partial charge in [0.2, 0.25) is 5.95 Å². The highest BCUT2D eigenvalue weighted by Gasteiger charge is 2.23. The number of carbonyl (C=O) groups excluding carboxylic acids is 1. The number of rotatable bonds is 8. The van der Waals surface area contributed by atoms with Gasteiger partial charge >= 0.3 is 5.97 Å². The van der Waals surface area contributed by atoms with E-state index in [1.54, 1.807) is 24.0 Å². The summed E-state index contributed by atoms with van der Waals surface area (Å²) >= 11 is 0. The van der Waals surface area contributed by atoms with E-state index in [1.165, 1.54) is 5.56 Å². The second-order valence-corrected chi connectivity index (χ2v) is 8.29. The Morgan fingerprint density at radius 3 is 2.62 bits per heavy atom.